The zero-order valence-electron chi connectivity index (χ0n) is 22.3. The molecule has 1 heterocycles. The number of allylic oxidation sites excluding steroid dienone is 1. The van der Waals surface area contributed by atoms with E-state index < -0.39 is 0 Å². The van der Waals surface area contributed by atoms with Crippen LogP contribution in [0.15, 0.2) is 42.5 Å². The molecule has 2 aromatic carbocycles. The molecule has 0 amide bonds. The van der Waals surface area contributed by atoms with Crippen molar-refractivity contribution in [1.29, 1.82) is 0 Å². The Balaban J connectivity index is 1.40. The number of rotatable bonds is 6. The predicted molar refractivity (Wildman–Crippen MR) is 144 cm³/mol. The molecule has 184 valence electrons. The monoisotopic (exact) mass is 461 g/mol. The first kappa shape index (κ1) is 25.0. The summed E-state index contributed by atoms with van der Waals surface area (Å²) in [4.78, 5) is 2.43. The highest BCUT2D eigenvalue weighted by Gasteiger charge is 2.36. The predicted octanol–water partition coefficient (Wildman–Crippen LogP) is 7.08. The van der Waals surface area contributed by atoms with Gasteiger partial charge in [-0.25, -0.2) is 0 Å². The van der Waals surface area contributed by atoms with Gasteiger partial charge < -0.3 is 9.47 Å². The summed E-state index contributed by atoms with van der Waals surface area (Å²) in [6.45, 7) is 19.7. The van der Waals surface area contributed by atoms with Gasteiger partial charge in [0.15, 0.2) is 0 Å². The number of fused-ring (bicyclic) bond motifs is 1. The molecule has 3 heteroatoms. The van der Waals surface area contributed by atoms with E-state index in [1.807, 2.05) is 0 Å². The number of hydrogen-bond donors (Lipinski definition) is 0. The molecule has 3 nitrogen and oxygen atoms in total. The van der Waals surface area contributed by atoms with Crippen molar-refractivity contribution in [1.82, 2.24) is 4.90 Å². The van der Waals surface area contributed by atoms with E-state index in [1.54, 1.807) is 0 Å². The summed E-state index contributed by atoms with van der Waals surface area (Å²) in [5.74, 6) is 0.932. The molecule has 4 rings (SSSR count). The van der Waals surface area contributed by atoms with Gasteiger partial charge in [-0.3, -0.25) is 4.90 Å². The van der Waals surface area contributed by atoms with E-state index >= 15 is 0 Å². The topological polar surface area (TPSA) is 21.7 Å². The van der Waals surface area contributed by atoms with E-state index in [4.69, 9.17) is 9.47 Å². The van der Waals surface area contributed by atoms with Crippen LogP contribution < -0.4 is 4.74 Å². The van der Waals surface area contributed by atoms with Gasteiger partial charge in [0.25, 0.3) is 0 Å². The van der Waals surface area contributed by atoms with Crippen molar-refractivity contribution in [3.05, 3.63) is 64.7 Å². The van der Waals surface area contributed by atoms with Crippen LogP contribution in [0.4, 0.5) is 0 Å². The highest BCUT2D eigenvalue weighted by Crippen LogP contribution is 2.46. The van der Waals surface area contributed by atoms with E-state index in [1.165, 1.54) is 40.7 Å². The maximum Gasteiger partial charge on any atom is 0.119 e. The summed E-state index contributed by atoms with van der Waals surface area (Å²) in [7, 11) is 0. The molecule has 0 spiro atoms. The molecule has 1 aliphatic heterocycles. The van der Waals surface area contributed by atoms with E-state index in [0.717, 1.165) is 25.4 Å². The standard InChI is InChI=1S/C31H43NO2/c1-22(26-10-13-28-29(19-26)31(6,7)15-14-30(28,4)5)18-25-8-11-27(12-9-25)33-17-16-32-20-23(2)34-24(3)21-32/h8-13,18-19,23-24H,14-17,20-21H2,1-7H3/b22-18+/t23-,24+. The molecule has 0 aromatic heterocycles. The third kappa shape index (κ3) is 5.75. The van der Waals surface area contributed by atoms with Crippen LogP contribution >= 0.6 is 0 Å². The van der Waals surface area contributed by atoms with Crippen molar-refractivity contribution in [3.63, 3.8) is 0 Å². The fourth-order valence-electron chi connectivity index (χ4n) is 5.59. The quantitative estimate of drug-likeness (QED) is 0.429. The van der Waals surface area contributed by atoms with Crippen LogP contribution in [-0.4, -0.2) is 43.3 Å². The van der Waals surface area contributed by atoms with E-state index in [2.05, 4.69) is 102 Å². The first-order valence-corrected chi connectivity index (χ1v) is 13.0. The molecule has 0 saturated carbocycles. The summed E-state index contributed by atoms with van der Waals surface area (Å²) < 4.78 is 11.8. The minimum Gasteiger partial charge on any atom is -0.492 e. The lowest BCUT2D eigenvalue weighted by Crippen LogP contribution is -2.46. The Morgan fingerprint density at radius 3 is 2.21 bits per heavy atom. The summed E-state index contributed by atoms with van der Waals surface area (Å²) in [6.07, 6.45) is 5.37. The largest absolute Gasteiger partial charge is 0.492 e. The molecule has 1 aliphatic carbocycles. The number of ether oxygens (including phenoxy) is 2. The van der Waals surface area contributed by atoms with E-state index in [0.29, 0.717) is 18.8 Å². The fourth-order valence-corrected chi connectivity index (χ4v) is 5.59. The zero-order chi connectivity index (χ0) is 24.5. The van der Waals surface area contributed by atoms with Gasteiger partial charge >= 0.3 is 0 Å². The normalized spacial score (nSPS) is 24.5. The van der Waals surface area contributed by atoms with E-state index in [9.17, 15) is 0 Å². The Kier molecular flexibility index (Phi) is 7.26. The van der Waals surface area contributed by atoms with Crippen LogP contribution in [0.2, 0.25) is 0 Å². The third-order valence-electron chi connectivity index (χ3n) is 7.74. The lowest BCUT2D eigenvalue weighted by atomic mass is 9.63. The second-order valence-corrected chi connectivity index (χ2v) is 11.8. The molecule has 1 fully saturated rings. The summed E-state index contributed by atoms with van der Waals surface area (Å²) >= 11 is 0. The van der Waals surface area contributed by atoms with Crippen molar-refractivity contribution in [2.45, 2.75) is 84.3 Å². The minimum atomic E-state index is 0.234. The smallest absolute Gasteiger partial charge is 0.119 e. The highest BCUT2D eigenvalue weighted by molar-refractivity contribution is 5.80. The molecule has 0 N–H and O–H groups in total. The first-order chi connectivity index (χ1) is 16.0. The highest BCUT2D eigenvalue weighted by atomic mass is 16.5. The lowest BCUT2D eigenvalue weighted by molar-refractivity contribution is -0.0699. The van der Waals surface area contributed by atoms with Gasteiger partial charge in [-0.05, 0) is 84.4 Å². The summed E-state index contributed by atoms with van der Waals surface area (Å²) in [5, 5.41) is 0. The second kappa shape index (κ2) is 9.87. The Hall–Kier alpha value is -2.10. The third-order valence-corrected chi connectivity index (χ3v) is 7.74. The van der Waals surface area contributed by atoms with Crippen LogP contribution in [-0.2, 0) is 15.6 Å². The zero-order valence-corrected chi connectivity index (χ0v) is 22.3. The van der Waals surface area contributed by atoms with Crippen molar-refractivity contribution in [2.75, 3.05) is 26.2 Å². The molecule has 0 radical (unpaired) electrons. The maximum absolute atomic E-state index is 6.03. The maximum atomic E-state index is 6.03. The molecule has 2 aromatic rings. The number of hydrogen-bond acceptors (Lipinski definition) is 3. The molecule has 2 aliphatic rings. The summed E-state index contributed by atoms with van der Waals surface area (Å²) in [6, 6.07) is 15.6. The fraction of sp³-hybridized carbons (Fsp3) is 0.548. The van der Waals surface area contributed by atoms with Crippen LogP contribution in [0.1, 0.15) is 83.6 Å². The molecule has 2 atom stereocenters. The molecule has 34 heavy (non-hydrogen) atoms. The Morgan fingerprint density at radius 1 is 0.941 bits per heavy atom. The number of benzene rings is 2. The van der Waals surface area contributed by atoms with Gasteiger partial charge in [0.05, 0.1) is 12.2 Å². The first-order valence-electron chi connectivity index (χ1n) is 13.0. The molecule has 1 saturated heterocycles. The molecule has 0 unspecified atom stereocenters. The van der Waals surface area contributed by atoms with Gasteiger partial charge in [0.2, 0.25) is 0 Å². The average molecular weight is 462 g/mol. The van der Waals surface area contributed by atoms with Crippen LogP contribution in [0, 0.1) is 0 Å². The summed E-state index contributed by atoms with van der Waals surface area (Å²) in [5.41, 5.74) is 7.35. The van der Waals surface area contributed by atoms with Gasteiger partial charge in [-0.2, -0.15) is 0 Å². The van der Waals surface area contributed by atoms with E-state index in [-0.39, 0.29) is 10.8 Å². The Labute approximate surface area is 207 Å². The second-order valence-electron chi connectivity index (χ2n) is 11.8. The number of morpholine rings is 1. The van der Waals surface area contributed by atoms with Gasteiger partial charge in [-0.1, -0.05) is 64.1 Å². The average Bonchev–Trinajstić information content (AvgIpc) is 2.77. The number of nitrogens with zero attached hydrogens (tertiary/aromatic N) is 1. The van der Waals surface area contributed by atoms with Gasteiger partial charge in [-0.15, -0.1) is 0 Å². The van der Waals surface area contributed by atoms with Crippen molar-refractivity contribution >= 4 is 11.6 Å². The van der Waals surface area contributed by atoms with Crippen LogP contribution in [0.25, 0.3) is 11.6 Å². The van der Waals surface area contributed by atoms with Gasteiger partial charge in [0, 0.05) is 19.6 Å². The molecular weight excluding hydrogens is 418 g/mol. The van der Waals surface area contributed by atoms with Crippen molar-refractivity contribution < 1.29 is 9.47 Å². The SMILES string of the molecule is C/C(=C\c1ccc(OCCN2C[C@@H](C)O[C@@H](C)C2)cc1)c1ccc2c(c1)C(C)(C)CCC2(C)C. The Morgan fingerprint density at radius 2 is 1.56 bits per heavy atom. The Bertz CT molecular complexity index is 1010. The van der Waals surface area contributed by atoms with Crippen LogP contribution in [0.3, 0.4) is 0 Å². The minimum absolute atomic E-state index is 0.234. The van der Waals surface area contributed by atoms with Gasteiger partial charge in [0.1, 0.15) is 12.4 Å². The molecular formula is C31H43NO2. The lowest BCUT2D eigenvalue weighted by Gasteiger charge is -2.42. The van der Waals surface area contributed by atoms with Crippen molar-refractivity contribution in [2.24, 2.45) is 0 Å². The van der Waals surface area contributed by atoms with Crippen LogP contribution in [0.5, 0.6) is 5.75 Å². The molecule has 0 bridgehead atoms. The van der Waals surface area contributed by atoms with Crippen molar-refractivity contribution in [3.8, 4) is 5.75 Å².